The quantitative estimate of drug-likeness (QED) is 0.712. The second-order valence-corrected chi connectivity index (χ2v) is 3.72. The minimum absolute atomic E-state index is 0.159. The van der Waals surface area contributed by atoms with Crippen LogP contribution in [0.5, 0.6) is 0 Å². The number of hydrogen-bond donors (Lipinski definition) is 1. The molecule has 1 fully saturated rings. The third kappa shape index (κ3) is 1.69. The molecule has 0 aliphatic carbocycles. The van der Waals surface area contributed by atoms with Gasteiger partial charge in [-0.1, -0.05) is 0 Å². The second kappa shape index (κ2) is 3.41. The number of hydroxylamine groups is 2. The first kappa shape index (κ1) is 8.61. The maximum Gasteiger partial charge on any atom is 0.265 e. The first-order valence-electron chi connectivity index (χ1n) is 3.84. The molecule has 0 aromatic carbocycles. The Labute approximate surface area is 79.1 Å². The van der Waals surface area contributed by atoms with E-state index in [1.807, 2.05) is 0 Å². The minimum Gasteiger partial charge on any atom is -0.318 e. The molecule has 1 saturated heterocycles. The SMILES string of the molecule is NC1CON(Cc2cncs2)C1=O. The average molecular weight is 199 g/mol. The highest BCUT2D eigenvalue weighted by molar-refractivity contribution is 7.09. The highest BCUT2D eigenvalue weighted by Gasteiger charge is 2.30. The highest BCUT2D eigenvalue weighted by atomic mass is 32.1. The third-order valence-electron chi connectivity index (χ3n) is 1.76. The van der Waals surface area contributed by atoms with Crippen molar-refractivity contribution in [1.29, 1.82) is 0 Å². The molecule has 2 rings (SSSR count). The smallest absolute Gasteiger partial charge is 0.265 e. The number of carbonyl (C=O) groups excluding carboxylic acids is 1. The molecular weight excluding hydrogens is 190 g/mol. The molecule has 2 N–H and O–H groups in total. The molecule has 1 atom stereocenters. The molecule has 5 nitrogen and oxygen atoms in total. The monoisotopic (exact) mass is 199 g/mol. The lowest BCUT2D eigenvalue weighted by atomic mass is 10.3. The Balaban J connectivity index is 2.00. The van der Waals surface area contributed by atoms with Gasteiger partial charge in [0.2, 0.25) is 0 Å². The van der Waals surface area contributed by atoms with E-state index < -0.39 is 6.04 Å². The van der Waals surface area contributed by atoms with Crippen LogP contribution in [0.3, 0.4) is 0 Å². The van der Waals surface area contributed by atoms with Crippen molar-refractivity contribution >= 4 is 17.2 Å². The Bertz CT molecular complexity index is 301. The van der Waals surface area contributed by atoms with Crippen molar-refractivity contribution in [3.8, 4) is 0 Å². The van der Waals surface area contributed by atoms with E-state index in [0.29, 0.717) is 6.54 Å². The molecule has 6 heteroatoms. The van der Waals surface area contributed by atoms with Crippen LogP contribution >= 0.6 is 11.3 Å². The van der Waals surface area contributed by atoms with Gasteiger partial charge in [0.05, 0.1) is 18.7 Å². The van der Waals surface area contributed by atoms with Crippen LogP contribution in [0.25, 0.3) is 0 Å². The van der Waals surface area contributed by atoms with Crippen molar-refractivity contribution in [2.45, 2.75) is 12.6 Å². The van der Waals surface area contributed by atoms with Gasteiger partial charge in [0.1, 0.15) is 6.04 Å². The van der Waals surface area contributed by atoms with Crippen LogP contribution in [0.2, 0.25) is 0 Å². The summed E-state index contributed by atoms with van der Waals surface area (Å²) in [6.07, 6.45) is 1.71. The van der Waals surface area contributed by atoms with Gasteiger partial charge in [0.15, 0.2) is 0 Å². The molecule has 1 aliphatic heterocycles. The third-order valence-corrected chi connectivity index (χ3v) is 2.52. The van der Waals surface area contributed by atoms with Gasteiger partial charge in [-0.25, -0.2) is 5.06 Å². The fraction of sp³-hybridized carbons (Fsp3) is 0.429. The summed E-state index contributed by atoms with van der Waals surface area (Å²) >= 11 is 1.49. The molecule has 0 saturated carbocycles. The van der Waals surface area contributed by atoms with Crippen molar-refractivity contribution in [3.63, 3.8) is 0 Å². The molecule has 1 aromatic rings. The van der Waals surface area contributed by atoms with Gasteiger partial charge in [-0.3, -0.25) is 14.6 Å². The van der Waals surface area contributed by atoms with Crippen molar-refractivity contribution in [2.75, 3.05) is 6.61 Å². The van der Waals surface area contributed by atoms with E-state index >= 15 is 0 Å². The summed E-state index contributed by atoms with van der Waals surface area (Å²) < 4.78 is 0. The maximum absolute atomic E-state index is 11.3. The number of rotatable bonds is 2. The highest BCUT2D eigenvalue weighted by Crippen LogP contribution is 2.14. The lowest BCUT2D eigenvalue weighted by Gasteiger charge is -2.11. The summed E-state index contributed by atoms with van der Waals surface area (Å²) in [5, 5.41) is 1.29. The summed E-state index contributed by atoms with van der Waals surface area (Å²) in [4.78, 5) is 21.3. The fourth-order valence-corrected chi connectivity index (χ4v) is 1.65. The van der Waals surface area contributed by atoms with E-state index in [0.717, 1.165) is 4.88 Å². The van der Waals surface area contributed by atoms with E-state index in [4.69, 9.17) is 10.6 Å². The molecule has 2 heterocycles. The number of nitrogens with zero attached hydrogens (tertiary/aromatic N) is 2. The number of amides is 1. The van der Waals surface area contributed by atoms with E-state index in [-0.39, 0.29) is 12.5 Å². The normalized spacial score (nSPS) is 22.7. The van der Waals surface area contributed by atoms with E-state index in [9.17, 15) is 4.79 Å². The first-order chi connectivity index (χ1) is 6.27. The van der Waals surface area contributed by atoms with Crippen LogP contribution < -0.4 is 5.73 Å². The Kier molecular flexibility index (Phi) is 2.26. The molecule has 70 valence electrons. The van der Waals surface area contributed by atoms with Gasteiger partial charge >= 0.3 is 0 Å². The summed E-state index contributed by atoms with van der Waals surface area (Å²) in [6.45, 7) is 0.717. The minimum atomic E-state index is -0.507. The van der Waals surface area contributed by atoms with E-state index in [2.05, 4.69) is 4.98 Å². The predicted octanol–water partition coefficient (Wildman–Crippen LogP) is -0.256. The van der Waals surface area contributed by atoms with Crippen molar-refractivity contribution < 1.29 is 9.63 Å². The Morgan fingerprint density at radius 2 is 2.69 bits per heavy atom. The molecule has 1 amide bonds. The number of hydrogen-bond acceptors (Lipinski definition) is 5. The van der Waals surface area contributed by atoms with Crippen LogP contribution in [0.15, 0.2) is 11.7 Å². The summed E-state index contributed by atoms with van der Waals surface area (Å²) in [5.41, 5.74) is 7.19. The Morgan fingerprint density at radius 3 is 3.23 bits per heavy atom. The number of thiazole rings is 1. The molecule has 1 aromatic heterocycles. The average Bonchev–Trinajstić information content (AvgIpc) is 2.71. The van der Waals surface area contributed by atoms with Gasteiger partial charge in [0.25, 0.3) is 5.91 Å². The number of aromatic nitrogens is 1. The van der Waals surface area contributed by atoms with Crippen molar-refractivity contribution in [1.82, 2.24) is 10.0 Å². The van der Waals surface area contributed by atoms with Crippen LogP contribution in [-0.4, -0.2) is 28.6 Å². The molecule has 1 aliphatic rings. The van der Waals surface area contributed by atoms with Crippen molar-refractivity contribution in [3.05, 3.63) is 16.6 Å². The first-order valence-corrected chi connectivity index (χ1v) is 4.72. The van der Waals surface area contributed by atoms with Gasteiger partial charge in [-0.05, 0) is 0 Å². The lowest BCUT2D eigenvalue weighted by Crippen LogP contribution is -2.34. The molecule has 0 spiro atoms. The summed E-state index contributed by atoms with van der Waals surface area (Å²) in [5.74, 6) is -0.159. The molecule has 0 bridgehead atoms. The van der Waals surface area contributed by atoms with Crippen LogP contribution in [0.1, 0.15) is 4.88 Å². The molecule has 0 radical (unpaired) electrons. The second-order valence-electron chi connectivity index (χ2n) is 2.74. The summed E-state index contributed by atoms with van der Waals surface area (Å²) in [6, 6.07) is -0.507. The molecule has 1 unspecified atom stereocenters. The van der Waals surface area contributed by atoms with Gasteiger partial charge in [-0.15, -0.1) is 11.3 Å². The molecule has 13 heavy (non-hydrogen) atoms. The van der Waals surface area contributed by atoms with Crippen LogP contribution in [-0.2, 0) is 16.2 Å². The maximum atomic E-state index is 11.3. The Hall–Kier alpha value is -0.980. The zero-order chi connectivity index (χ0) is 9.26. The zero-order valence-electron chi connectivity index (χ0n) is 6.84. The fourth-order valence-electron chi connectivity index (χ4n) is 1.08. The van der Waals surface area contributed by atoms with Gasteiger partial charge in [-0.2, -0.15) is 0 Å². The standard InChI is InChI=1S/C7H9N3O2S/c8-6-3-12-10(7(6)11)2-5-1-9-4-13-5/h1,4,6H,2-3,8H2. The van der Waals surface area contributed by atoms with E-state index in [1.165, 1.54) is 16.4 Å². The topological polar surface area (TPSA) is 68.5 Å². The largest absolute Gasteiger partial charge is 0.318 e. The van der Waals surface area contributed by atoms with E-state index in [1.54, 1.807) is 11.7 Å². The lowest BCUT2D eigenvalue weighted by molar-refractivity contribution is -0.164. The van der Waals surface area contributed by atoms with Crippen LogP contribution in [0.4, 0.5) is 0 Å². The number of carbonyl (C=O) groups is 1. The van der Waals surface area contributed by atoms with Crippen LogP contribution in [0, 0.1) is 0 Å². The molecular formula is C7H9N3O2S. The summed E-state index contributed by atoms with van der Waals surface area (Å²) in [7, 11) is 0. The zero-order valence-corrected chi connectivity index (χ0v) is 7.66. The predicted molar refractivity (Wildman–Crippen MR) is 46.6 cm³/mol. The van der Waals surface area contributed by atoms with Gasteiger partial charge < -0.3 is 5.73 Å². The van der Waals surface area contributed by atoms with Gasteiger partial charge in [0, 0.05) is 11.1 Å². The Morgan fingerprint density at radius 1 is 1.85 bits per heavy atom. The number of nitrogens with two attached hydrogens (primary N) is 1. The van der Waals surface area contributed by atoms with Crippen molar-refractivity contribution in [2.24, 2.45) is 5.73 Å².